The second-order valence-electron chi connectivity index (χ2n) is 7.85. The number of piperidine rings is 1. The maximum atomic E-state index is 13.4. The van der Waals surface area contributed by atoms with Crippen LogP contribution in [0.25, 0.3) is 0 Å². The minimum Gasteiger partial charge on any atom is -0.492 e. The summed E-state index contributed by atoms with van der Waals surface area (Å²) in [5, 5.41) is 2.92. The summed E-state index contributed by atoms with van der Waals surface area (Å²) < 4.78 is 33.8. The number of nitrogens with zero attached hydrogens (tertiary/aromatic N) is 1. The van der Waals surface area contributed by atoms with E-state index >= 15 is 0 Å². The molecule has 162 valence electrons. The van der Waals surface area contributed by atoms with Crippen LogP contribution in [0.15, 0.2) is 41.3 Å². The SMILES string of the molecule is CCOc1ccccc1NC(=O)[C@H]1CCCN(S(=O)(=O)c2c(C)cc(C)cc2C)C1. The third-order valence-corrected chi connectivity index (χ3v) is 7.57. The molecule has 1 N–H and O–H groups in total. The van der Waals surface area contributed by atoms with E-state index in [0.29, 0.717) is 42.3 Å². The second-order valence-corrected chi connectivity index (χ2v) is 9.72. The Labute approximate surface area is 179 Å². The highest BCUT2D eigenvalue weighted by Crippen LogP contribution is 2.30. The first kappa shape index (κ1) is 22.3. The van der Waals surface area contributed by atoms with E-state index in [0.717, 1.165) is 16.7 Å². The van der Waals surface area contributed by atoms with Crippen LogP contribution in [-0.4, -0.2) is 38.3 Å². The topological polar surface area (TPSA) is 75.7 Å². The number of ether oxygens (including phenoxy) is 1. The quantitative estimate of drug-likeness (QED) is 0.750. The third kappa shape index (κ3) is 4.68. The summed E-state index contributed by atoms with van der Waals surface area (Å²) in [4.78, 5) is 13.3. The molecule has 0 bridgehead atoms. The molecular formula is C23H30N2O4S. The summed E-state index contributed by atoms with van der Waals surface area (Å²) in [7, 11) is -3.67. The smallest absolute Gasteiger partial charge is 0.243 e. The highest BCUT2D eigenvalue weighted by molar-refractivity contribution is 7.89. The van der Waals surface area contributed by atoms with Crippen molar-refractivity contribution in [3.63, 3.8) is 0 Å². The van der Waals surface area contributed by atoms with Crippen molar-refractivity contribution in [2.75, 3.05) is 25.0 Å². The van der Waals surface area contributed by atoms with Crippen LogP contribution >= 0.6 is 0 Å². The molecule has 0 spiro atoms. The molecule has 6 nitrogen and oxygen atoms in total. The van der Waals surface area contributed by atoms with Crippen molar-refractivity contribution in [1.29, 1.82) is 0 Å². The normalized spacial score (nSPS) is 17.5. The van der Waals surface area contributed by atoms with Gasteiger partial charge >= 0.3 is 0 Å². The Kier molecular flexibility index (Phi) is 6.83. The standard InChI is InChI=1S/C23H30N2O4S/c1-5-29-21-11-7-6-10-20(21)24-23(26)19-9-8-12-25(15-19)30(27,28)22-17(3)13-16(2)14-18(22)4/h6-7,10-11,13-14,19H,5,8-9,12,15H2,1-4H3,(H,24,26)/t19-/m0/s1. The second kappa shape index (κ2) is 9.18. The van der Waals surface area contributed by atoms with Gasteiger partial charge in [-0.05, 0) is 63.8 Å². The van der Waals surface area contributed by atoms with Gasteiger partial charge < -0.3 is 10.1 Å². The maximum Gasteiger partial charge on any atom is 0.243 e. The molecule has 1 amide bonds. The number of rotatable bonds is 6. The first-order valence-electron chi connectivity index (χ1n) is 10.3. The largest absolute Gasteiger partial charge is 0.492 e. The van der Waals surface area contributed by atoms with Gasteiger partial charge in [0.05, 0.1) is 23.1 Å². The zero-order valence-corrected chi connectivity index (χ0v) is 18.9. The summed E-state index contributed by atoms with van der Waals surface area (Å²) in [5.74, 6) is 0.0215. The first-order chi connectivity index (χ1) is 14.2. The molecule has 1 heterocycles. The van der Waals surface area contributed by atoms with Gasteiger partial charge in [-0.25, -0.2) is 8.42 Å². The molecule has 0 radical (unpaired) electrons. The van der Waals surface area contributed by atoms with E-state index in [-0.39, 0.29) is 12.5 Å². The number of carbonyl (C=O) groups is 1. The Morgan fingerprint density at radius 1 is 1.17 bits per heavy atom. The van der Waals surface area contributed by atoms with Crippen molar-refractivity contribution >= 4 is 21.6 Å². The van der Waals surface area contributed by atoms with Gasteiger partial charge in [-0.2, -0.15) is 4.31 Å². The van der Waals surface area contributed by atoms with E-state index in [9.17, 15) is 13.2 Å². The van der Waals surface area contributed by atoms with Crippen LogP contribution in [-0.2, 0) is 14.8 Å². The van der Waals surface area contributed by atoms with Crippen LogP contribution in [0.4, 0.5) is 5.69 Å². The molecule has 3 rings (SSSR count). The Bertz CT molecular complexity index is 1010. The summed E-state index contributed by atoms with van der Waals surface area (Å²) >= 11 is 0. The lowest BCUT2D eigenvalue weighted by Crippen LogP contribution is -2.44. The van der Waals surface area contributed by atoms with Gasteiger partial charge in [0.15, 0.2) is 0 Å². The molecule has 2 aromatic carbocycles. The van der Waals surface area contributed by atoms with E-state index < -0.39 is 15.9 Å². The van der Waals surface area contributed by atoms with E-state index in [1.807, 2.05) is 52.0 Å². The maximum absolute atomic E-state index is 13.4. The zero-order chi connectivity index (χ0) is 21.9. The lowest BCUT2D eigenvalue weighted by Gasteiger charge is -2.32. The lowest BCUT2D eigenvalue weighted by molar-refractivity contribution is -0.120. The molecule has 1 aliphatic heterocycles. The highest BCUT2D eigenvalue weighted by atomic mass is 32.2. The van der Waals surface area contributed by atoms with Gasteiger partial charge in [0.25, 0.3) is 0 Å². The van der Waals surface area contributed by atoms with Crippen LogP contribution in [0.1, 0.15) is 36.5 Å². The fourth-order valence-corrected chi connectivity index (χ4v) is 6.10. The van der Waals surface area contributed by atoms with Gasteiger partial charge in [-0.15, -0.1) is 0 Å². The average molecular weight is 431 g/mol. The minimum atomic E-state index is -3.67. The Morgan fingerprint density at radius 2 is 1.83 bits per heavy atom. The Hall–Kier alpha value is -2.38. The predicted octanol–water partition coefficient (Wildman–Crippen LogP) is 4.05. The molecule has 1 saturated heterocycles. The fraction of sp³-hybridized carbons (Fsp3) is 0.435. The molecule has 1 aliphatic rings. The number of sulfonamides is 1. The van der Waals surface area contributed by atoms with E-state index in [1.165, 1.54) is 4.31 Å². The molecule has 1 fully saturated rings. The van der Waals surface area contributed by atoms with Crippen LogP contribution < -0.4 is 10.1 Å². The monoisotopic (exact) mass is 430 g/mol. The lowest BCUT2D eigenvalue weighted by atomic mass is 9.98. The van der Waals surface area contributed by atoms with Gasteiger partial charge in [-0.1, -0.05) is 29.8 Å². The zero-order valence-electron chi connectivity index (χ0n) is 18.1. The average Bonchev–Trinajstić information content (AvgIpc) is 2.68. The molecule has 0 saturated carbocycles. The van der Waals surface area contributed by atoms with Crippen molar-refractivity contribution < 1.29 is 17.9 Å². The molecule has 30 heavy (non-hydrogen) atoms. The highest BCUT2D eigenvalue weighted by Gasteiger charge is 2.35. The van der Waals surface area contributed by atoms with Crippen molar-refractivity contribution in [3.05, 3.63) is 53.1 Å². The predicted molar refractivity (Wildman–Crippen MR) is 118 cm³/mol. The van der Waals surface area contributed by atoms with E-state index in [4.69, 9.17) is 4.74 Å². The molecule has 7 heteroatoms. The molecule has 0 aromatic heterocycles. The molecule has 0 aliphatic carbocycles. The van der Waals surface area contributed by atoms with Crippen LogP contribution in [0.5, 0.6) is 5.75 Å². The number of anilines is 1. The first-order valence-corrected chi connectivity index (χ1v) is 11.8. The number of hydrogen-bond donors (Lipinski definition) is 1. The number of hydrogen-bond acceptors (Lipinski definition) is 4. The number of para-hydroxylation sites is 2. The van der Waals surface area contributed by atoms with Crippen molar-refractivity contribution in [1.82, 2.24) is 4.31 Å². The molecule has 0 unspecified atom stereocenters. The minimum absolute atomic E-state index is 0.178. The molecule has 2 aromatic rings. The van der Waals surface area contributed by atoms with Gasteiger partial charge in [0.1, 0.15) is 5.75 Å². The number of benzene rings is 2. The van der Waals surface area contributed by atoms with Crippen molar-refractivity contribution in [3.8, 4) is 5.75 Å². The summed E-state index contributed by atoms with van der Waals surface area (Å²) in [5.41, 5.74) is 3.12. The summed E-state index contributed by atoms with van der Waals surface area (Å²) in [6.45, 7) is 8.59. The fourth-order valence-electron chi connectivity index (χ4n) is 4.16. The van der Waals surface area contributed by atoms with Gasteiger partial charge in [0, 0.05) is 13.1 Å². The van der Waals surface area contributed by atoms with Crippen LogP contribution in [0.3, 0.4) is 0 Å². The molecular weight excluding hydrogens is 400 g/mol. The Morgan fingerprint density at radius 3 is 2.50 bits per heavy atom. The van der Waals surface area contributed by atoms with Crippen LogP contribution in [0, 0.1) is 26.7 Å². The Balaban J connectivity index is 1.79. The van der Waals surface area contributed by atoms with E-state index in [2.05, 4.69) is 5.32 Å². The summed E-state index contributed by atoms with van der Waals surface area (Å²) in [6.07, 6.45) is 1.30. The van der Waals surface area contributed by atoms with Gasteiger partial charge in [-0.3, -0.25) is 4.79 Å². The number of nitrogens with one attached hydrogen (secondary N) is 1. The third-order valence-electron chi connectivity index (χ3n) is 5.40. The van der Waals surface area contributed by atoms with Crippen molar-refractivity contribution in [2.24, 2.45) is 5.92 Å². The molecule has 1 atom stereocenters. The number of amides is 1. The van der Waals surface area contributed by atoms with Crippen LogP contribution in [0.2, 0.25) is 0 Å². The van der Waals surface area contributed by atoms with Gasteiger partial charge in [0.2, 0.25) is 15.9 Å². The summed E-state index contributed by atoms with van der Waals surface area (Å²) in [6, 6.07) is 11.1. The number of carbonyl (C=O) groups excluding carboxylic acids is 1. The number of aryl methyl sites for hydroxylation is 3. The van der Waals surface area contributed by atoms with Crippen molar-refractivity contribution in [2.45, 2.75) is 45.4 Å². The van der Waals surface area contributed by atoms with E-state index in [1.54, 1.807) is 12.1 Å².